The third-order valence-electron chi connectivity index (χ3n) is 12.3. The van der Waals surface area contributed by atoms with Crippen LogP contribution >= 0.6 is 0 Å². The van der Waals surface area contributed by atoms with E-state index in [2.05, 4.69) is 251 Å². The van der Waals surface area contributed by atoms with E-state index in [-0.39, 0.29) is 0 Å². The summed E-state index contributed by atoms with van der Waals surface area (Å²) in [6.07, 6.45) is 0. The van der Waals surface area contributed by atoms with Crippen molar-refractivity contribution >= 4 is 71.4 Å². The lowest BCUT2D eigenvalue weighted by Crippen LogP contribution is -2.11. The Balaban J connectivity index is 1.14. The van der Waals surface area contributed by atoms with Gasteiger partial charge in [-0.2, -0.15) is 0 Å². The SMILES string of the molecule is c1ccc(-c2ccc(N(c3ccccc3)c3ccc4c5ccccc5n(-c5ccccc5)c4c3)c(-c3ccc4c5ccc6ccccc6c5n(-c5ccccc5)c4c3)c2)cc1. The molecule has 0 aliphatic carbocycles. The average Bonchev–Trinajstić information content (AvgIpc) is 3.85. The third kappa shape index (κ3) is 5.74. The number of nitrogens with zero attached hydrogens (tertiary/aromatic N) is 3. The second-order valence-electron chi connectivity index (χ2n) is 15.7. The fraction of sp³-hybridized carbons (Fsp3) is 0. The molecule has 3 nitrogen and oxygen atoms in total. The zero-order valence-electron chi connectivity index (χ0n) is 33.4. The van der Waals surface area contributed by atoms with Gasteiger partial charge in [-0.3, -0.25) is 0 Å². The van der Waals surface area contributed by atoms with Gasteiger partial charge in [0.1, 0.15) is 0 Å². The van der Waals surface area contributed by atoms with Crippen molar-refractivity contribution in [2.75, 3.05) is 4.90 Å². The molecule has 0 fully saturated rings. The first kappa shape index (κ1) is 34.9. The Bertz CT molecular complexity index is 3570. The van der Waals surface area contributed by atoms with E-state index >= 15 is 0 Å². The molecule has 10 aromatic carbocycles. The second kappa shape index (κ2) is 14.3. The molecule has 0 atom stereocenters. The van der Waals surface area contributed by atoms with E-state index in [1.165, 1.54) is 60.0 Å². The molecule has 0 radical (unpaired) electrons. The summed E-state index contributed by atoms with van der Waals surface area (Å²) in [5.41, 5.74) is 14.9. The van der Waals surface area contributed by atoms with Gasteiger partial charge >= 0.3 is 0 Å². The zero-order chi connectivity index (χ0) is 40.3. The average molecular weight is 778 g/mol. The monoisotopic (exact) mass is 777 g/mol. The molecule has 0 aliphatic heterocycles. The van der Waals surface area contributed by atoms with Gasteiger partial charge in [-0.05, 0) is 94.9 Å². The first-order valence-corrected chi connectivity index (χ1v) is 20.9. The maximum absolute atomic E-state index is 2.46. The van der Waals surface area contributed by atoms with E-state index in [1.807, 2.05) is 0 Å². The molecule has 0 spiro atoms. The molecule has 0 bridgehead atoms. The summed E-state index contributed by atoms with van der Waals surface area (Å²) >= 11 is 0. The molecule has 12 aromatic rings. The van der Waals surface area contributed by atoms with Gasteiger partial charge in [0.2, 0.25) is 0 Å². The number of hydrogen-bond donors (Lipinski definition) is 0. The van der Waals surface area contributed by atoms with Gasteiger partial charge in [0, 0.05) is 55.2 Å². The normalized spacial score (nSPS) is 11.6. The Morgan fingerprint density at radius 3 is 1.62 bits per heavy atom. The van der Waals surface area contributed by atoms with Crippen molar-refractivity contribution in [2.45, 2.75) is 0 Å². The highest BCUT2D eigenvalue weighted by Gasteiger charge is 2.22. The first-order chi connectivity index (χ1) is 30.3. The van der Waals surface area contributed by atoms with Crippen molar-refractivity contribution in [2.24, 2.45) is 0 Å². The molecular formula is C58H39N3. The summed E-state index contributed by atoms with van der Waals surface area (Å²) < 4.78 is 4.86. The maximum Gasteiger partial charge on any atom is 0.0619 e. The summed E-state index contributed by atoms with van der Waals surface area (Å²) in [6, 6.07) is 86.0. The minimum atomic E-state index is 1.08. The van der Waals surface area contributed by atoms with Crippen LogP contribution in [0.5, 0.6) is 0 Å². The fourth-order valence-electron chi connectivity index (χ4n) is 9.52. The van der Waals surface area contributed by atoms with Crippen molar-refractivity contribution in [1.29, 1.82) is 0 Å². The van der Waals surface area contributed by atoms with Gasteiger partial charge in [0.15, 0.2) is 0 Å². The number of aromatic nitrogens is 2. The minimum Gasteiger partial charge on any atom is -0.310 e. The van der Waals surface area contributed by atoms with Crippen molar-refractivity contribution < 1.29 is 0 Å². The number of hydrogen-bond acceptors (Lipinski definition) is 1. The molecule has 12 rings (SSSR count). The topological polar surface area (TPSA) is 13.1 Å². The Kier molecular flexibility index (Phi) is 8.17. The number of para-hydroxylation sites is 4. The maximum atomic E-state index is 2.46. The van der Waals surface area contributed by atoms with Crippen LogP contribution in [0.2, 0.25) is 0 Å². The van der Waals surface area contributed by atoms with Crippen LogP contribution in [0.1, 0.15) is 0 Å². The van der Waals surface area contributed by atoms with Gasteiger partial charge < -0.3 is 14.0 Å². The smallest absolute Gasteiger partial charge is 0.0619 e. The number of benzene rings is 10. The first-order valence-electron chi connectivity index (χ1n) is 20.9. The van der Waals surface area contributed by atoms with E-state index in [1.54, 1.807) is 0 Å². The van der Waals surface area contributed by atoms with E-state index in [0.717, 1.165) is 45.1 Å². The highest BCUT2D eigenvalue weighted by Crippen LogP contribution is 2.46. The van der Waals surface area contributed by atoms with Gasteiger partial charge in [0.25, 0.3) is 0 Å². The summed E-state index contributed by atoms with van der Waals surface area (Å²) in [5, 5.41) is 7.41. The Hall–Kier alpha value is -8.14. The van der Waals surface area contributed by atoms with Crippen LogP contribution < -0.4 is 4.90 Å². The van der Waals surface area contributed by atoms with Crippen molar-refractivity contribution in [3.05, 3.63) is 237 Å². The second-order valence-corrected chi connectivity index (χ2v) is 15.7. The standard InChI is InChI=1S/C58H39N3/c1-5-17-40(18-6-1)42-31-36-55(53(37-42)43-30-33-51-52-34-29-41-19-13-14-26-48(41)58(52)61(56(51)38-43)46-24-11-4-12-25-46)59(44-20-7-2-8-21-44)47-32-35-50-49-27-15-16-28-54(49)60(57(50)39-47)45-22-9-3-10-23-45/h1-39H. The molecule has 2 aromatic heterocycles. The molecule has 61 heavy (non-hydrogen) atoms. The van der Waals surface area contributed by atoms with E-state index in [0.29, 0.717) is 0 Å². The van der Waals surface area contributed by atoms with Gasteiger partial charge in [-0.1, -0.05) is 164 Å². The largest absolute Gasteiger partial charge is 0.310 e. The molecular weight excluding hydrogens is 739 g/mol. The molecule has 0 saturated heterocycles. The van der Waals surface area contributed by atoms with Gasteiger partial charge in [-0.15, -0.1) is 0 Å². The molecule has 3 heteroatoms. The predicted octanol–water partition coefficient (Wildman–Crippen LogP) is 15.8. The van der Waals surface area contributed by atoms with E-state index in [9.17, 15) is 0 Å². The van der Waals surface area contributed by atoms with E-state index in [4.69, 9.17) is 0 Å². The lowest BCUT2D eigenvalue weighted by Gasteiger charge is -2.28. The summed E-state index contributed by atoms with van der Waals surface area (Å²) in [6.45, 7) is 0. The highest BCUT2D eigenvalue weighted by atomic mass is 15.1. The molecule has 0 amide bonds. The zero-order valence-corrected chi connectivity index (χ0v) is 33.4. The molecule has 0 aliphatic rings. The summed E-state index contributed by atoms with van der Waals surface area (Å²) in [4.78, 5) is 2.43. The summed E-state index contributed by atoms with van der Waals surface area (Å²) in [5.74, 6) is 0. The Labute approximate surface area is 354 Å². The van der Waals surface area contributed by atoms with Crippen LogP contribution in [0.4, 0.5) is 17.1 Å². The lowest BCUT2D eigenvalue weighted by molar-refractivity contribution is 1.18. The van der Waals surface area contributed by atoms with Crippen LogP contribution in [0.25, 0.3) is 88.0 Å². The Morgan fingerprint density at radius 1 is 0.295 bits per heavy atom. The van der Waals surface area contributed by atoms with Crippen LogP contribution in [0.15, 0.2) is 237 Å². The predicted molar refractivity (Wildman–Crippen MR) is 258 cm³/mol. The number of rotatable bonds is 7. The minimum absolute atomic E-state index is 1.08. The highest BCUT2D eigenvalue weighted by molar-refractivity contribution is 6.19. The van der Waals surface area contributed by atoms with Crippen molar-refractivity contribution in [3.63, 3.8) is 0 Å². The third-order valence-corrected chi connectivity index (χ3v) is 12.3. The molecule has 0 N–H and O–H groups in total. The van der Waals surface area contributed by atoms with Crippen molar-refractivity contribution in [1.82, 2.24) is 9.13 Å². The fourth-order valence-corrected chi connectivity index (χ4v) is 9.52. The van der Waals surface area contributed by atoms with Crippen LogP contribution in [-0.4, -0.2) is 9.13 Å². The molecule has 0 saturated carbocycles. The molecule has 2 heterocycles. The number of anilines is 3. The van der Waals surface area contributed by atoms with Crippen LogP contribution in [0, 0.1) is 0 Å². The number of fused-ring (bicyclic) bond motifs is 8. The molecule has 286 valence electrons. The quantitative estimate of drug-likeness (QED) is 0.157. The van der Waals surface area contributed by atoms with E-state index < -0.39 is 0 Å². The Morgan fingerprint density at radius 2 is 0.852 bits per heavy atom. The van der Waals surface area contributed by atoms with Crippen LogP contribution in [0.3, 0.4) is 0 Å². The van der Waals surface area contributed by atoms with Crippen molar-refractivity contribution in [3.8, 4) is 33.6 Å². The summed E-state index contributed by atoms with van der Waals surface area (Å²) in [7, 11) is 0. The van der Waals surface area contributed by atoms with Gasteiger partial charge in [0.05, 0.1) is 27.8 Å². The lowest BCUT2D eigenvalue weighted by atomic mass is 9.95. The van der Waals surface area contributed by atoms with Crippen LogP contribution in [-0.2, 0) is 0 Å². The van der Waals surface area contributed by atoms with Gasteiger partial charge in [-0.25, -0.2) is 0 Å². The molecule has 0 unspecified atom stereocenters.